The minimum atomic E-state index is -0.154. The number of rotatable bonds is 3. The molecule has 0 bridgehead atoms. The van der Waals surface area contributed by atoms with Crippen molar-refractivity contribution in [2.24, 2.45) is 0 Å². The lowest BCUT2D eigenvalue weighted by molar-refractivity contribution is 0.0950. The number of fused-ring (bicyclic) bond motifs is 1. The second-order valence-electron chi connectivity index (χ2n) is 6.89. The van der Waals surface area contributed by atoms with Crippen LogP contribution in [-0.4, -0.2) is 28.9 Å². The molecular formula is C18H23N3O3. The lowest BCUT2D eigenvalue weighted by atomic mass is 10.1. The fourth-order valence-corrected chi connectivity index (χ4v) is 2.78. The number of amides is 1. The van der Waals surface area contributed by atoms with Crippen LogP contribution in [-0.2, 0) is 12.1 Å². The van der Waals surface area contributed by atoms with Crippen molar-refractivity contribution in [3.63, 3.8) is 0 Å². The smallest absolute Gasteiger partial charge is 0.255 e. The molecule has 0 fully saturated rings. The Kier molecular flexibility index (Phi) is 4.22. The Bertz CT molecular complexity index is 759. The van der Waals surface area contributed by atoms with Crippen LogP contribution in [0.5, 0.6) is 11.5 Å². The molecule has 0 saturated heterocycles. The molecule has 24 heavy (non-hydrogen) atoms. The van der Waals surface area contributed by atoms with Gasteiger partial charge >= 0.3 is 0 Å². The van der Waals surface area contributed by atoms with E-state index in [0.29, 0.717) is 25.3 Å². The van der Waals surface area contributed by atoms with Crippen molar-refractivity contribution >= 4 is 5.91 Å². The average Bonchev–Trinajstić information content (AvgIpc) is 2.94. The summed E-state index contributed by atoms with van der Waals surface area (Å²) >= 11 is 0. The van der Waals surface area contributed by atoms with Gasteiger partial charge in [0.1, 0.15) is 13.2 Å². The van der Waals surface area contributed by atoms with Crippen molar-refractivity contribution in [1.82, 2.24) is 15.1 Å². The van der Waals surface area contributed by atoms with E-state index in [2.05, 4.69) is 31.2 Å². The van der Waals surface area contributed by atoms with E-state index < -0.39 is 0 Å². The average molecular weight is 329 g/mol. The molecule has 0 aliphatic carbocycles. The van der Waals surface area contributed by atoms with Crippen molar-refractivity contribution in [3.05, 3.63) is 41.2 Å². The third kappa shape index (κ3) is 3.22. The molecule has 3 rings (SSSR count). The molecule has 0 radical (unpaired) electrons. The summed E-state index contributed by atoms with van der Waals surface area (Å²) in [5.74, 6) is 1.35. The summed E-state index contributed by atoms with van der Waals surface area (Å²) in [7, 11) is 0. The van der Waals surface area contributed by atoms with Gasteiger partial charge in [-0.25, -0.2) is 0 Å². The van der Waals surface area contributed by atoms with Crippen molar-refractivity contribution in [2.75, 3.05) is 13.2 Å². The second kappa shape index (κ2) is 6.19. The van der Waals surface area contributed by atoms with Crippen LogP contribution in [0, 0.1) is 6.92 Å². The van der Waals surface area contributed by atoms with Gasteiger partial charge in [-0.15, -0.1) is 0 Å². The SMILES string of the molecule is Cc1c(C(=O)NCc2ccc3c(c2)OCCO3)cnn1C(C)(C)C. The number of carbonyl (C=O) groups is 1. The van der Waals surface area contributed by atoms with Crippen LogP contribution in [0.2, 0.25) is 0 Å². The molecule has 0 unspecified atom stereocenters. The summed E-state index contributed by atoms with van der Waals surface area (Å²) in [6.45, 7) is 9.64. The van der Waals surface area contributed by atoms with Crippen LogP contribution < -0.4 is 14.8 Å². The lowest BCUT2D eigenvalue weighted by Gasteiger charge is -2.21. The number of ether oxygens (including phenoxy) is 2. The minimum Gasteiger partial charge on any atom is -0.486 e. The van der Waals surface area contributed by atoms with Crippen molar-refractivity contribution in [3.8, 4) is 11.5 Å². The largest absolute Gasteiger partial charge is 0.486 e. The van der Waals surface area contributed by atoms with Crippen LogP contribution in [0.25, 0.3) is 0 Å². The van der Waals surface area contributed by atoms with Gasteiger partial charge in [0.2, 0.25) is 0 Å². The molecule has 1 aromatic carbocycles. The maximum absolute atomic E-state index is 12.4. The Balaban J connectivity index is 1.69. The fraction of sp³-hybridized carbons (Fsp3) is 0.444. The molecule has 6 heteroatoms. The maximum atomic E-state index is 12.4. The molecule has 2 aromatic rings. The Morgan fingerprint density at radius 3 is 2.62 bits per heavy atom. The van der Waals surface area contributed by atoms with Gasteiger partial charge in [-0.2, -0.15) is 5.10 Å². The first kappa shape index (κ1) is 16.4. The number of nitrogens with one attached hydrogen (secondary N) is 1. The van der Waals surface area contributed by atoms with E-state index in [9.17, 15) is 4.79 Å². The Hall–Kier alpha value is -2.50. The van der Waals surface area contributed by atoms with Crippen molar-refractivity contribution in [1.29, 1.82) is 0 Å². The topological polar surface area (TPSA) is 65.4 Å². The van der Waals surface area contributed by atoms with Gasteiger partial charge in [0.05, 0.1) is 17.3 Å². The van der Waals surface area contributed by atoms with Gasteiger partial charge in [-0.1, -0.05) is 6.07 Å². The maximum Gasteiger partial charge on any atom is 0.255 e. The highest BCUT2D eigenvalue weighted by Gasteiger charge is 2.21. The molecule has 0 saturated carbocycles. The van der Waals surface area contributed by atoms with Gasteiger partial charge < -0.3 is 14.8 Å². The number of hydrogen-bond donors (Lipinski definition) is 1. The molecule has 6 nitrogen and oxygen atoms in total. The van der Waals surface area contributed by atoms with Gasteiger partial charge in [0.15, 0.2) is 11.5 Å². The van der Waals surface area contributed by atoms with Crippen LogP contribution in [0.1, 0.15) is 42.4 Å². The third-order valence-corrected chi connectivity index (χ3v) is 3.95. The number of hydrogen-bond acceptors (Lipinski definition) is 4. The van der Waals surface area contributed by atoms with Gasteiger partial charge in [-0.05, 0) is 45.4 Å². The van der Waals surface area contributed by atoms with Crippen LogP contribution >= 0.6 is 0 Å². The Labute approximate surface area is 141 Å². The predicted octanol–water partition coefficient (Wildman–Crippen LogP) is 2.65. The molecule has 1 N–H and O–H groups in total. The first-order valence-corrected chi connectivity index (χ1v) is 8.08. The number of nitrogens with zero attached hydrogens (tertiary/aromatic N) is 2. The quantitative estimate of drug-likeness (QED) is 0.940. The Morgan fingerprint density at radius 2 is 1.96 bits per heavy atom. The van der Waals surface area contributed by atoms with E-state index in [0.717, 1.165) is 22.8 Å². The highest BCUT2D eigenvalue weighted by Crippen LogP contribution is 2.30. The molecule has 128 valence electrons. The van der Waals surface area contributed by atoms with E-state index in [1.165, 1.54) is 0 Å². The number of aromatic nitrogens is 2. The highest BCUT2D eigenvalue weighted by molar-refractivity contribution is 5.95. The summed E-state index contributed by atoms with van der Waals surface area (Å²) < 4.78 is 12.9. The summed E-state index contributed by atoms with van der Waals surface area (Å²) in [6.07, 6.45) is 1.62. The summed E-state index contributed by atoms with van der Waals surface area (Å²) in [6, 6.07) is 5.71. The fourth-order valence-electron chi connectivity index (χ4n) is 2.78. The second-order valence-corrected chi connectivity index (χ2v) is 6.89. The molecule has 2 heterocycles. The van der Waals surface area contributed by atoms with Gasteiger partial charge in [0, 0.05) is 12.2 Å². The molecule has 1 aliphatic heterocycles. The van der Waals surface area contributed by atoms with E-state index in [4.69, 9.17) is 9.47 Å². The van der Waals surface area contributed by atoms with Crippen LogP contribution in [0.3, 0.4) is 0 Å². The van der Waals surface area contributed by atoms with Crippen molar-refractivity contribution in [2.45, 2.75) is 39.8 Å². The van der Waals surface area contributed by atoms with Crippen molar-refractivity contribution < 1.29 is 14.3 Å². The zero-order valence-corrected chi connectivity index (χ0v) is 14.5. The normalized spacial score (nSPS) is 13.7. The van der Waals surface area contributed by atoms with Gasteiger partial charge in [0.25, 0.3) is 5.91 Å². The van der Waals surface area contributed by atoms with E-state index >= 15 is 0 Å². The molecule has 0 atom stereocenters. The first-order valence-electron chi connectivity index (χ1n) is 8.08. The first-order chi connectivity index (χ1) is 11.4. The van der Waals surface area contributed by atoms with Gasteiger partial charge in [-0.3, -0.25) is 9.48 Å². The third-order valence-electron chi connectivity index (χ3n) is 3.95. The Morgan fingerprint density at radius 1 is 1.25 bits per heavy atom. The highest BCUT2D eigenvalue weighted by atomic mass is 16.6. The zero-order chi connectivity index (χ0) is 17.3. The monoisotopic (exact) mass is 329 g/mol. The van der Waals surface area contributed by atoms with Crippen LogP contribution in [0.4, 0.5) is 0 Å². The lowest BCUT2D eigenvalue weighted by Crippen LogP contribution is -2.26. The molecule has 0 spiro atoms. The predicted molar refractivity (Wildman–Crippen MR) is 90.6 cm³/mol. The minimum absolute atomic E-state index is 0.127. The standard InChI is InChI=1S/C18H23N3O3/c1-12-14(11-20-21(12)18(2,3)4)17(22)19-10-13-5-6-15-16(9-13)24-8-7-23-15/h5-6,9,11H,7-8,10H2,1-4H3,(H,19,22). The van der Waals surface area contributed by atoms with Crippen LogP contribution in [0.15, 0.2) is 24.4 Å². The molecule has 1 amide bonds. The summed E-state index contributed by atoms with van der Waals surface area (Å²) in [4.78, 5) is 12.4. The van der Waals surface area contributed by atoms with E-state index in [-0.39, 0.29) is 11.4 Å². The zero-order valence-electron chi connectivity index (χ0n) is 14.5. The summed E-state index contributed by atoms with van der Waals surface area (Å²) in [5.41, 5.74) is 2.27. The van der Waals surface area contributed by atoms with E-state index in [1.807, 2.05) is 29.8 Å². The summed E-state index contributed by atoms with van der Waals surface area (Å²) in [5, 5.41) is 7.28. The molecule has 1 aliphatic rings. The number of benzene rings is 1. The van der Waals surface area contributed by atoms with E-state index in [1.54, 1.807) is 6.20 Å². The number of carbonyl (C=O) groups excluding carboxylic acids is 1. The molecular weight excluding hydrogens is 306 g/mol. The molecule has 1 aromatic heterocycles.